The minimum absolute atomic E-state index is 0.204. The van der Waals surface area contributed by atoms with Gasteiger partial charge in [0, 0.05) is 64.0 Å². The molecule has 4 N–H and O–H groups in total. The minimum Gasteiger partial charge on any atom is -0.389 e. The Bertz CT molecular complexity index is 564. The molecule has 0 heterocycles. The summed E-state index contributed by atoms with van der Waals surface area (Å²) in [6.07, 6.45) is -2.88. The number of hydrogen-bond donors (Lipinski definition) is 4. The zero-order valence-electron chi connectivity index (χ0n) is 22.4. The van der Waals surface area contributed by atoms with E-state index >= 15 is 0 Å². The van der Waals surface area contributed by atoms with Crippen molar-refractivity contribution >= 4 is 11.4 Å². The molecule has 0 fully saturated rings. The van der Waals surface area contributed by atoms with Crippen molar-refractivity contribution in [1.29, 1.82) is 0 Å². The highest BCUT2D eigenvalue weighted by Gasteiger charge is 2.20. The molecule has 4 atom stereocenters. The monoisotopic (exact) mass is 516 g/mol. The van der Waals surface area contributed by atoms with E-state index in [9.17, 15) is 20.4 Å². The average molecular weight is 517 g/mol. The van der Waals surface area contributed by atoms with E-state index in [-0.39, 0.29) is 52.6 Å². The second-order valence-electron chi connectivity index (χ2n) is 8.58. The highest BCUT2D eigenvalue weighted by molar-refractivity contribution is 5.56. The molecular formula is C26H48N2O8. The molecule has 0 bridgehead atoms. The Labute approximate surface area is 216 Å². The minimum atomic E-state index is -0.720. The third-order valence-corrected chi connectivity index (χ3v) is 5.36. The first-order chi connectivity index (χ1) is 17.3. The molecule has 0 aromatic heterocycles. The summed E-state index contributed by atoms with van der Waals surface area (Å²) >= 11 is 0. The maximum atomic E-state index is 10.4. The fourth-order valence-electron chi connectivity index (χ4n) is 3.69. The van der Waals surface area contributed by atoms with Crippen LogP contribution in [0.25, 0.3) is 0 Å². The van der Waals surface area contributed by atoms with Crippen LogP contribution in [0.15, 0.2) is 24.3 Å². The lowest BCUT2D eigenvalue weighted by molar-refractivity contribution is 0.0352. The molecule has 0 saturated heterocycles. The van der Waals surface area contributed by atoms with Crippen molar-refractivity contribution in [2.75, 3.05) is 88.8 Å². The number of ether oxygens (including phenoxy) is 4. The zero-order valence-corrected chi connectivity index (χ0v) is 22.4. The van der Waals surface area contributed by atoms with Gasteiger partial charge in [0.05, 0.1) is 50.8 Å². The van der Waals surface area contributed by atoms with Gasteiger partial charge in [-0.15, -0.1) is 0 Å². The Balaban J connectivity index is 3.03. The van der Waals surface area contributed by atoms with Crippen molar-refractivity contribution in [3.8, 4) is 0 Å². The molecule has 0 saturated carbocycles. The fraction of sp³-hybridized carbons (Fsp3) is 0.769. The lowest BCUT2D eigenvalue weighted by Gasteiger charge is -2.31. The van der Waals surface area contributed by atoms with Gasteiger partial charge >= 0.3 is 0 Å². The summed E-state index contributed by atoms with van der Waals surface area (Å²) in [4.78, 5) is 3.80. The van der Waals surface area contributed by atoms with Crippen molar-refractivity contribution in [2.45, 2.75) is 52.1 Å². The molecule has 1 rings (SSSR count). The van der Waals surface area contributed by atoms with E-state index in [2.05, 4.69) is 0 Å². The van der Waals surface area contributed by atoms with Gasteiger partial charge in [0.25, 0.3) is 0 Å². The fourth-order valence-corrected chi connectivity index (χ4v) is 3.69. The quantitative estimate of drug-likeness (QED) is 0.177. The molecule has 10 nitrogen and oxygen atoms in total. The number of aliphatic hydroxyl groups excluding tert-OH is 4. The van der Waals surface area contributed by atoms with Crippen molar-refractivity contribution in [3.63, 3.8) is 0 Å². The van der Waals surface area contributed by atoms with Gasteiger partial charge in [-0.2, -0.15) is 0 Å². The van der Waals surface area contributed by atoms with Crippen LogP contribution >= 0.6 is 0 Å². The van der Waals surface area contributed by atoms with Gasteiger partial charge in [-0.1, -0.05) is 0 Å². The third-order valence-electron chi connectivity index (χ3n) is 5.36. The summed E-state index contributed by atoms with van der Waals surface area (Å²) in [6.45, 7) is 11.5. The maximum absolute atomic E-state index is 10.4. The Morgan fingerprint density at radius 1 is 0.500 bits per heavy atom. The van der Waals surface area contributed by atoms with Gasteiger partial charge in [0.1, 0.15) is 0 Å². The lowest BCUT2D eigenvalue weighted by Crippen LogP contribution is -2.42. The van der Waals surface area contributed by atoms with Gasteiger partial charge in [0.15, 0.2) is 0 Å². The number of rotatable bonds is 22. The maximum Gasteiger partial charge on any atom is 0.0948 e. The van der Waals surface area contributed by atoms with Crippen LogP contribution in [0.3, 0.4) is 0 Å². The first kappa shape index (κ1) is 32.5. The summed E-state index contributed by atoms with van der Waals surface area (Å²) in [6, 6.07) is 7.58. The first-order valence-electron chi connectivity index (χ1n) is 13.0. The second kappa shape index (κ2) is 19.6. The van der Waals surface area contributed by atoms with Gasteiger partial charge in [-0.25, -0.2) is 0 Å². The SMILES string of the molecule is CCOCC(O)CN(CC(O)COCC)c1ccc(N(CC(O)COCC)CC(O)COCC)cc1. The molecule has 36 heavy (non-hydrogen) atoms. The van der Waals surface area contributed by atoms with Gasteiger partial charge in [-0.3, -0.25) is 0 Å². The van der Waals surface area contributed by atoms with E-state index in [1.807, 2.05) is 61.8 Å². The summed E-state index contributed by atoms with van der Waals surface area (Å²) in [5.74, 6) is 0. The van der Waals surface area contributed by atoms with E-state index in [1.54, 1.807) is 0 Å². The lowest BCUT2D eigenvalue weighted by atomic mass is 10.2. The van der Waals surface area contributed by atoms with Crippen LogP contribution in [0.4, 0.5) is 11.4 Å². The van der Waals surface area contributed by atoms with E-state index in [4.69, 9.17) is 18.9 Å². The van der Waals surface area contributed by atoms with Crippen LogP contribution in [0.1, 0.15) is 27.7 Å². The number of anilines is 2. The predicted molar refractivity (Wildman–Crippen MR) is 141 cm³/mol. The highest BCUT2D eigenvalue weighted by Crippen LogP contribution is 2.22. The molecule has 0 spiro atoms. The average Bonchev–Trinajstić information content (AvgIpc) is 2.87. The highest BCUT2D eigenvalue weighted by atomic mass is 16.5. The Morgan fingerprint density at radius 3 is 0.917 bits per heavy atom. The predicted octanol–water partition coefficient (Wildman–Crippen LogP) is 0.889. The molecule has 0 aliphatic heterocycles. The molecule has 0 aliphatic rings. The van der Waals surface area contributed by atoms with Crippen molar-refractivity contribution in [3.05, 3.63) is 24.3 Å². The number of nitrogens with zero attached hydrogens (tertiary/aromatic N) is 2. The van der Waals surface area contributed by atoms with E-state index in [0.717, 1.165) is 11.4 Å². The summed E-state index contributed by atoms with van der Waals surface area (Å²) < 4.78 is 21.4. The Morgan fingerprint density at radius 2 is 0.722 bits per heavy atom. The zero-order chi connectivity index (χ0) is 26.8. The molecule has 10 heteroatoms. The van der Waals surface area contributed by atoms with Crippen LogP contribution in [-0.4, -0.2) is 124 Å². The summed E-state index contributed by atoms with van der Waals surface area (Å²) in [5.41, 5.74) is 1.63. The Kier molecular flexibility index (Phi) is 17.7. The number of hydrogen-bond acceptors (Lipinski definition) is 10. The number of aliphatic hydroxyl groups is 4. The van der Waals surface area contributed by atoms with Crippen LogP contribution in [0.5, 0.6) is 0 Å². The molecule has 1 aromatic rings. The molecule has 0 radical (unpaired) electrons. The van der Waals surface area contributed by atoms with Gasteiger partial charge in [-0.05, 0) is 52.0 Å². The largest absolute Gasteiger partial charge is 0.389 e. The van der Waals surface area contributed by atoms with Gasteiger partial charge in [0.2, 0.25) is 0 Å². The second-order valence-corrected chi connectivity index (χ2v) is 8.58. The molecule has 4 unspecified atom stereocenters. The number of benzene rings is 1. The first-order valence-corrected chi connectivity index (χ1v) is 13.0. The Hall–Kier alpha value is -1.50. The van der Waals surface area contributed by atoms with Crippen LogP contribution < -0.4 is 9.80 Å². The molecule has 210 valence electrons. The van der Waals surface area contributed by atoms with Crippen LogP contribution in [-0.2, 0) is 18.9 Å². The summed E-state index contributed by atoms with van der Waals surface area (Å²) in [7, 11) is 0. The van der Waals surface area contributed by atoms with E-state index < -0.39 is 24.4 Å². The van der Waals surface area contributed by atoms with Crippen molar-refractivity contribution in [1.82, 2.24) is 0 Å². The molecular weight excluding hydrogens is 468 g/mol. The van der Waals surface area contributed by atoms with E-state index in [1.165, 1.54) is 0 Å². The molecule has 0 aliphatic carbocycles. The smallest absolute Gasteiger partial charge is 0.0948 e. The standard InChI is InChI=1S/C26H48N2O8/c1-5-33-17-23(29)13-27(14-24(30)18-34-6-2)21-9-11-22(12-10-21)28(15-25(31)19-35-7-3)16-26(32)20-36-8-4/h9-12,23-26,29-32H,5-8,13-20H2,1-4H3. The molecule has 1 aromatic carbocycles. The van der Waals surface area contributed by atoms with Crippen LogP contribution in [0.2, 0.25) is 0 Å². The topological polar surface area (TPSA) is 124 Å². The molecule has 0 amide bonds. The van der Waals surface area contributed by atoms with Crippen molar-refractivity contribution in [2.24, 2.45) is 0 Å². The van der Waals surface area contributed by atoms with Crippen LogP contribution in [0, 0.1) is 0 Å². The van der Waals surface area contributed by atoms with Gasteiger partial charge < -0.3 is 49.2 Å². The van der Waals surface area contributed by atoms with Crippen molar-refractivity contribution < 1.29 is 39.4 Å². The normalized spacial score (nSPS) is 14.9. The van der Waals surface area contributed by atoms with E-state index in [0.29, 0.717) is 26.4 Å². The third kappa shape index (κ3) is 13.7. The summed E-state index contributed by atoms with van der Waals surface area (Å²) in [5, 5.41) is 41.7.